The third-order valence-corrected chi connectivity index (χ3v) is 7.97. The van der Waals surface area contributed by atoms with E-state index >= 15 is 0 Å². The highest BCUT2D eigenvalue weighted by Gasteiger charge is 2.37. The van der Waals surface area contributed by atoms with Crippen molar-refractivity contribution in [2.24, 2.45) is 0 Å². The van der Waals surface area contributed by atoms with Gasteiger partial charge in [0.2, 0.25) is 20.0 Å². The first-order valence-electron chi connectivity index (χ1n) is 7.54. The summed E-state index contributed by atoms with van der Waals surface area (Å²) in [4.78, 5) is 0.246. The number of hydrogen-bond acceptors (Lipinski definition) is 4. The molecule has 0 spiro atoms. The van der Waals surface area contributed by atoms with Crippen LogP contribution in [0.5, 0.6) is 0 Å². The second kappa shape index (κ2) is 6.69. The van der Waals surface area contributed by atoms with Crippen molar-refractivity contribution in [2.75, 3.05) is 19.8 Å². The number of aryl methyl sites for hydroxylation is 1. The van der Waals surface area contributed by atoms with Gasteiger partial charge in [0, 0.05) is 18.1 Å². The average Bonchev–Trinajstić information content (AvgIpc) is 3.07. The van der Waals surface area contributed by atoms with Crippen molar-refractivity contribution >= 4 is 31.6 Å². The maximum atomic E-state index is 12.7. The summed E-state index contributed by atoms with van der Waals surface area (Å²) in [5.74, 6) is 0. The molecule has 25 heavy (non-hydrogen) atoms. The van der Waals surface area contributed by atoms with Crippen LogP contribution in [-0.4, -0.2) is 45.2 Å². The van der Waals surface area contributed by atoms with Crippen LogP contribution in [-0.2, 0) is 20.0 Å². The largest absolute Gasteiger partial charge is 0.244 e. The minimum atomic E-state index is -3.77. The van der Waals surface area contributed by atoms with Crippen LogP contribution in [0.25, 0.3) is 0 Å². The highest BCUT2D eigenvalue weighted by Crippen LogP contribution is 2.25. The predicted molar refractivity (Wildman–Crippen MR) is 95.3 cm³/mol. The van der Waals surface area contributed by atoms with Gasteiger partial charge >= 0.3 is 0 Å². The molecule has 0 saturated carbocycles. The smallest absolute Gasteiger partial charge is 0.207 e. The van der Waals surface area contributed by atoms with E-state index in [2.05, 4.69) is 0 Å². The van der Waals surface area contributed by atoms with Gasteiger partial charge in [-0.05, 0) is 43.3 Å². The van der Waals surface area contributed by atoms with E-state index in [1.165, 1.54) is 40.7 Å². The second-order valence-corrected chi connectivity index (χ2v) is 10.1. The highest BCUT2D eigenvalue weighted by molar-refractivity contribution is 7.90. The van der Waals surface area contributed by atoms with Gasteiger partial charge in [0.15, 0.2) is 0 Å². The SMILES string of the molecule is Cc1ccc(S(=O)(=O)N2CCN(S(=O)(=O)c3ccc(Cl)cc3)C2)cc1. The molecule has 1 fully saturated rings. The van der Waals surface area contributed by atoms with Crippen molar-refractivity contribution in [3.63, 3.8) is 0 Å². The molecule has 0 atom stereocenters. The summed E-state index contributed by atoms with van der Waals surface area (Å²) < 4.78 is 53.0. The number of nitrogens with zero attached hydrogens (tertiary/aromatic N) is 2. The zero-order valence-corrected chi connectivity index (χ0v) is 15.9. The first-order chi connectivity index (χ1) is 11.7. The lowest BCUT2D eigenvalue weighted by atomic mass is 10.2. The van der Waals surface area contributed by atoms with Crippen LogP contribution >= 0.6 is 11.6 Å². The molecule has 1 saturated heterocycles. The number of hydrogen-bond donors (Lipinski definition) is 0. The lowest BCUT2D eigenvalue weighted by Gasteiger charge is -2.18. The van der Waals surface area contributed by atoms with Crippen molar-refractivity contribution < 1.29 is 16.8 Å². The van der Waals surface area contributed by atoms with Gasteiger partial charge in [-0.15, -0.1) is 0 Å². The van der Waals surface area contributed by atoms with Crippen molar-refractivity contribution in [3.8, 4) is 0 Å². The van der Waals surface area contributed by atoms with Gasteiger partial charge in [-0.2, -0.15) is 8.61 Å². The van der Waals surface area contributed by atoms with E-state index in [1.54, 1.807) is 12.1 Å². The number of benzene rings is 2. The Kier molecular flexibility index (Phi) is 4.91. The fourth-order valence-corrected chi connectivity index (χ4v) is 5.53. The Bertz CT molecular complexity index is 890. The molecule has 3 rings (SSSR count). The average molecular weight is 401 g/mol. The Morgan fingerprint density at radius 2 is 1.16 bits per heavy atom. The highest BCUT2D eigenvalue weighted by atomic mass is 35.5. The molecule has 6 nitrogen and oxygen atoms in total. The molecule has 1 heterocycles. The van der Waals surface area contributed by atoms with Crippen molar-refractivity contribution in [1.29, 1.82) is 0 Å². The first kappa shape index (κ1) is 18.3. The summed E-state index contributed by atoms with van der Waals surface area (Å²) in [5.41, 5.74) is 0.951. The standard InChI is InChI=1S/C16H17ClN2O4S2/c1-13-2-6-15(7-3-13)24(20,21)18-10-11-19(12-18)25(22,23)16-8-4-14(17)5-9-16/h2-9H,10-12H2,1H3. The van der Waals surface area contributed by atoms with Crippen LogP contribution in [0.15, 0.2) is 58.3 Å². The van der Waals surface area contributed by atoms with E-state index in [9.17, 15) is 16.8 Å². The van der Waals surface area contributed by atoms with E-state index in [-0.39, 0.29) is 29.5 Å². The summed E-state index contributed by atoms with van der Waals surface area (Å²) in [5, 5.41) is 0.434. The lowest BCUT2D eigenvalue weighted by molar-refractivity contribution is 0.414. The molecule has 0 aliphatic carbocycles. The summed E-state index contributed by atoms with van der Waals surface area (Å²) in [6.45, 7) is 1.88. The molecule has 2 aromatic carbocycles. The molecule has 9 heteroatoms. The Morgan fingerprint density at radius 1 is 0.760 bits per heavy atom. The third kappa shape index (κ3) is 3.58. The van der Waals surface area contributed by atoms with Gasteiger partial charge in [0.05, 0.1) is 16.5 Å². The van der Waals surface area contributed by atoms with Gasteiger partial charge in [-0.3, -0.25) is 0 Å². The van der Waals surface area contributed by atoms with Gasteiger partial charge in [-0.1, -0.05) is 29.3 Å². The van der Waals surface area contributed by atoms with Crippen LogP contribution in [0.1, 0.15) is 5.56 Å². The second-order valence-electron chi connectivity index (χ2n) is 5.77. The van der Waals surface area contributed by atoms with Crippen molar-refractivity contribution in [3.05, 3.63) is 59.1 Å². The molecule has 2 aromatic rings. The summed E-state index contributed by atoms with van der Waals surface area (Å²) in [7, 11) is -7.50. The van der Waals surface area contributed by atoms with Crippen molar-refractivity contribution in [1.82, 2.24) is 8.61 Å². The fraction of sp³-hybridized carbons (Fsp3) is 0.250. The summed E-state index contributed by atoms with van der Waals surface area (Å²) in [6.07, 6.45) is 0. The monoisotopic (exact) mass is 400 g/mol. The minimum Gasteiger partial charge on any atom is -0.207 e. The van der Waals surface area contributed by atoms with Crippen LogP contribution in [0.4, 0.5) is 0 Å². The molecule has 0 radical (unpaired) electrons. The molecule has 1 aliphatic heterocycles. The summed E-state index contributed by atoms with van der Waals surface area (Å²) in [6, 6.07) is 12.3. The number of rotatable bonds is 4. The van der Waals surface area contributed by atoms with Gasteiger partial charge < -0.3 is 0 Å². The quantitative estimate of drug-likeness (QED) is 0.789. The third-order valence-electron chi connectivity index (χ3n) is 4.02. The zero-order chi connectivity index (χ0) is 18.2. The lowest BCUT2D eigenvalue weighted by Crippen LogP contribution is -2.34. The van der Waals surface area contributed by atoms with E-state index in [4.69, 9.17) is 11.6 Å². The molecular formula is C16H17ClN2O4S2. The van der Waals surface area contributed by atoms with Gasteiger partial charge in [0.1, 0.15) is 0 Å². The van der Waals surface area contributed by atoms with E-state index in [0.717, 1.165) is 9.87 Å². The zero-order valence-electron chi connectivity index (χ0n) is 13.5. The maximum Gasteiger partial charge on any atom is 0.244 e. The first-order valence-corrected chi connectivity index (χ1v) is 10.8. The Balaban J connectivity index is 1.83. The predicted octanol–water partition coefficient (Wildman–Crippen LogP) is 2.30. The minimum absolute atomic E-state index is 0.0893. The Labute approximate surface area is 152 Å². The maximum absolute atomic E-state index is 12.7. The van der Waals surface area contributed by atoms with E-state index < -0.39 is 20.0 Å². The molecule has 0 bridgehead atoms. The van der Waals surface area contributed by atoms with Crippen LogP contribution in [0.3, 0.4) is 0 Å². The molecule has 0 N–H and O–H groups in total. The normalized spacial score (nSPS) is 17.0. The Hall–Kier alpha value is -1.45. The molecule has 0 amide bonds. The van der Waals surface area contributed by atoms with E-state index in [1.807, 2.05) is 6.92 Å². The van der Waals surface area contributed by atoms with Gasteiger partial charge in [0.25, 0.3) is 0 Å². The molecule has 1 aliphatic rings. The summed E-state index contributed by atoms with van der Waals surface area (Å²) >= 11 is 5.79. The van der Waals surface area contributed by atoms with Gasteiger partial charge in [-0.25, -0.2) is 16.8 Å². The number of halogens is 1. The van der Waals surface area contributed by atoms with E-state index in [0.29, 0.717) is 5.02 Å². The molecule has 0 unspecified atom stereocenters. The molecule has 134 valence electrons. The van der Waals surface area contributed by atoms with Crippen LogP contribution in [0.2, 0.25) is 5.02 Å². The van der Waals surface area contributed by atoms with Crippen LogP contribution < -0.4 is 0 Å². The molecular weight excluding hydrogens is 384 g/mol. The number of sulfonamides is 2. The van der Waals surface area contributed by atoms with Crippen molar-refractivity contribution in [2.45, 2.75) is 16.7 Å². The topological polar surface area (TPSA) is 74.8 Å². The van der Waals surface area contributed by atoms with Crippen LogP contribution in [0, 0.1) is 6.92 Å². The fourth-order valence-electron chi connectivity index (χ4n) is 2.55. The Morgan fingerprint density at radius 3 is 1.60 bits per heavy atom. The molecule has 0 aromatic heterocycles.